The smallest absolute Gasteiger partial charge is 0.422 e. The van der Waals surface area contributed by atoms with Crippen molar-refractivity contribution in [2.75, 3.05) is 20.3 Å². The second kappa shape index (κ2) is 9.33. The van der Waals surface area contributed by atoms with E-state index < -0.39 is 12.8 Å². The number of halogens is 3. The Morgan fingerprint density at radius 1 is 0.885 bits per heavy atom. The third-order valence-corrected chi connectivity index (χ3v) is 3.52. The second-order valence-corrected chi connectivity index (χ2v) is 5.57. The van der Waals surface area contributed by atoms with Gasteiger partial charge in [0, 0.05) is 13.1 Å². The average molecular weight is 369 g/mol. The fourth-order valence-corrected chi connectivity index (χ4v) is 2.30. The average Bonchev–Trinajstić information content (AvgIpc) is 2.61. The van der Waals surface area contributed by atoms with Crippen LogP contribution in [0.15, 0.2) is 42.5 Å². The summed E-state index contributed by atoms with van der Waals surface area (Å²) in [7, 11) is 1.62. The van der Waals surface area contributed by atoms with Crippen molar-refractivity contribution in [2.45, 2.75) is 26.2 Å². The SMILES string of the molecule is CCOc1cc(CNCc2ccc(OC)cc2)ccc1OCC(F)(F)F. The van der Waals surface area contributed by atoms with Gasteiger partial charge in [0.2, 0.25) is 0 Å². The highest BCUT2D eigenvalue weighted by atomic mass is 19.4. The molecule has 7 heteroatoms. The summed E-state index contributed by atoms with van der Waals surface area (Å²) in [6, 6.07) is 12.6. The molecule has 0 radical (unpaired) electrons. The normalized spacial score (nSPS) is 11.3. The zero-order chi connectivity index (χ0) is 19.0. The molecule has 0 saturated heterocycles. The molecule has 0 aliphatic heterocycles. The fraction of sp³-hybridized carbons (Fsp3) is 0.368. The molecule has 142 valence electrons. The van der Waals surface area contributed by atoms with E-state index in [9.17, 15) is 13.2 Å². The third-order valence-electron chi connectivity index (χ3n) is 3.52. The fourth-order valence-electron chi connectivity index (χ4n) is 2.30. The van der Waals surface area contributed by atoms with E-state index in [-0.39, 0.29) is 5.75 Å². The van der Waals surface area contributed by atoms with Crippen LogP contribution in [0.1, 0.15) is 18.1 Å². The monoisotopic (exact) mass is 369 g/mol. The zero-order valence-corrected chi connectivity index (χ0v) is 14.7. The van der Waals surface area contributed by atoms with Crippen molar-refractivity contribution < 1.29 is 27.4 Å². The number of hydrogen-bond donors (Lipinski definition) is 1. The van der Waals surface area contributed by atoms with Crippen molar-refractivity contribution >= 4 is 0 Å². The van der Waals surface area contributed by atoms with Gasteiger partial charge in [0.25, 0.3) is 0 Å². The van der Waals surface area contributed by atoms with Gasteiger partial charge in [-0.05, 0) is 42.3 Å². The maximum Gasteiger partial charge on any atom is 0.422 e. The van der Waals surface area contributed by atoms with Crippen LogP contribution in [-0.2, 0) is 13.1 Å². The summed E-state index contributed by atoms with van der Waals surface area (Å²) in [4.78, 5) is 0. The standard InChI is InChI=1S/C19H22F3NO3/c1-3-25-18-10-15(6-9-17(18)26-13-19(20,21)22)12-23-11-14-4-7-16(24-2)8-5-14/h4-10,23H,3,11-13H2,1-2H3. The van der Waals surface area contributed by atoms with Gasteiger partial charge in [-0.15, -0.1) is 0 Å². The van der Waals surface area contributed by atoms with E-state index >= 15 is 0 Å². The Labute approximate surface area is 150 Å². The molecule has 0 spiro atoms. The lowest BCUT2D eigenvalue weighted by Crippen LogP contribution is -2.19. The highest BCUT2D eigenvalue weighted by Crippen LogP contribution is 2.30. The summed E-state index contributed by atoms with van der Waals surface area (Å²) >= 11 is 0. The predicted octanol–water partition coefficient (Wildman–Crippen LogP) is 4.32. The van der Waals surface area contributed by atoms with Crippen LogP contribution >= 0.6 is 0 Å². The van der Waals surface area contributed by atoms with Crippen molar-refractivity contribution in [1.82, 2.24) is 5.32 Å². The molecule has 2 rings (SSSR count). The van der Waals surface area contributed by atoms with Crippen LogP contribution in [0.5, 0.6) is 17.2 Å². The van der Waals surface area contributed by atoms with Crippen LogP contribution in [-0.4, -0.2) is 26.5 Å². The molecule has 26 heavy (non-hydrogen) atoms. The highest BCUT2D eigenvalue weighted by molar-refractivity contribution is 5.43. The first-order valence-electron chi connectivity index (χ1n) is 8.20. The van der Waals surface area contributed by atoms with Crippen molar-refractivity contribution in [1.29, 1.82) is 0 Å². The minimum Gasteiger partial charge on any atom is -0.497 e. The van der Waals surface area contributed by atoms with Crippen molar-refractivity contribution in [2.24, 2.45) is 0 Å². The third kappa shape index (κ3) is 6.48. The van der Waals surface area contributed by atoms with E-state index in [1.54, 1.807) is 26.2 Å². The maximum absolute atomic E-state index is 12.3. The molecule has 2 aromatic carbocycles. The van der Waals surface area contributed by atoms with Crippen LogP contribution in [0.4, 0.5) is 13.2 Å². The Kier molecular flexibility index (Phi) is 7.15. The zero-order valence-electron chi connectivity index (χ0n) is 14.7. The number of rotatable bonds is 9. The van der Waals surface area contributed by atoms with Crippen LogP contribution in [0.25, 0.3) is 0 Å². The van der Waals surface area contributed by atoms with Gasteiger partial charge in [0.15, 0.2) is 18.1 Å². The summed E-state index contributed by atoms with van der Waals surface area (Å²) in [6.45, 7) is 1.96. The summed E-state index contributed by atoms with van der Waals surface area (Å²) in [5.41, 5.74) is 1.99. The first-order chi connectivity index (χ1) is 12.4. The van der Waals surface area contributed by atoms with E-state index in [0.29, 0.717) is 25.4 Å². The Hall–Kier alpha value is -2.41. The van der Waals surface area contributed by atoms with Crippen molar-refractivity contribution in [3.05, 3.63) is 53.6 Å². The van der Waals surface area contributed by atoms with Crippen molar-refractivity contribution in [3.8, 4) is 17.2 Å². The molecule has 0 aromatic heterocycles. The summed E-state index contributed by atoms with van der Waals surface area (Å²) in [5, 5.41) is 3.28. The Morgan fingerprint density at radius 2 is 1.54 bits per heavy atom. The van der Waals surface area contributed by atoms with Crippen LogP contribution in [0, 0.1) is 0 Å². The Morgan fingerprint density at radius 3 is 2.15 bits per heavy atom. The largest absolute Gasteiger partial charge is 0.497 e. The second-order valence-electron chi connectivity index (χ2n) is 5.57. The van der Waals surface area contributed by atoms with Gasteiger partial charge >= 0.3 is 6.18 Å². The van der Waals surface area contributed by atoms with Crippen LogP contribution < -0.4 is 19.5 Å². The van der Waals surface area contributed by atoms with E-state index in [4.69, 9.17) is 14.2 Å². The highest BCUT2D eigenvalue weighted by Gasteiger charge is 2.29. The van der Waals surface area contributed by atoms with Gasteiger partial charge in [-0.3, -0.25) is 0 Å². The molecule has 0 bridgehead atoms. The van der Waals surface area contributed by atoms with Gasteiger partial charge < -0.3 is 19.5 Å². The topological polar surface area (TPSA) is 39.7 Å². The lowest BCUT2D eigenvalue weighted by Gasteiger charge is -2.15. The van der Waals surface area contributed by atoms with Crippen LogP contribution in [0.2, 0.25) is 0 Å². The molecule has 0 saturated carbocycles. The summed E-state index contributed by atoms with van der Waals surface area (Å²) in [6.07, 6.45) is -4.39. The quantitative estimate of drug-likeness (QED) is 0.714. The molecule has 4 nitrogen and oxygen atoms in total. The van der Waals surface area contributed by atoms with Gasteiger partial charge in [-0.1, -0.05) is 18.2 Å². The minimum absolute atomic E-state index is 0.0862. The molecular weight excluding hydrogens is 347 g/mol. The summed E-state index contributed by atoms with van der Waals surface area (Å²) in [5.74, 6) is 1.19. The van der Waals surface area contributed by atoms with E-state index in [1.165, 1.54) is 6.07 Å². The molecule has 0 aliphatic rings. The lowest BCUT2D eigenvalue weighted by molar-refractivity contribution is -0.153. The molecule has 0 fully saturated rings. The number of alkyl halides is 3. The van der Waals surface area contributed by atoms with Gasteiger partial charge in [-0.25, -0.2) is 0 Å². The van der Waals surface area contributed by atoms with Crippen molar-refractivity contribution in [3.63, 3.8) is 0 Å². The van der Waals surface area contributed by atoms with Gasteiger partial charge in [0.1, 0.15) is 5.75 Å². The minimum atomic E-state index is -4.39. The molecule has 1 N–H and O–H groups in total. The Bertz CT molecular complexity index is 687. The first kappa shape index (κ1) is 19.9. The van der Waals surface area contributed by atoms with E-state index in [0.717, 1.165) is 16.9 Å². The molecule has 0 amide bonds. The number of nitrogens with one attached hydrogen (secondary N) is 1. The molecule has 2 aromatic rings. The number of ether oxygens (including phenoxy) is 3. The number of hydrogen-bond acceptors (Lipinski definition) is 4. The molecule has 0 aliphatic carbocycles. The predicted molar refractivity (Wildman–Crippen MR) is 92.7 cm³/mol. The molecule has 0 atom stereocenters. The molecule has 0 unspecified atom stereocenters. The molecule has 0 heterocycles. The van der Waals surface area contributed by atoms with E-state index in [1.807, 2.05) is 24.3 Å². The first-order valence-corrected chi connectivity index (χ1v) is 8.20. The van der Waals surface area contributed by atoms with E-state index in [2.05, 4.69) is 5.32 Å². The Balaban J connectivity index is 1.94. The van der Waals surface area contributed by atoms with Crippen LogP contribution in [0.3, 0.4) is 0 Å². The number of methoxy groups -OCH3 is 1. The summed E-state index contributed by atoms with van der Waals surface area (Å²) < 4.78 is 52.3. The molecular formula is C19H22F3NO3. The van der Waals surface area contributed by atoms with Gasteiger partial charge in [-0.2, -0.15) is 13.2 Å². The lowest BCUT2D eigenvalue weighted by atomic mass is 10.2. The maximum atomic E-state index is 12.3. The number of benzene rings is 2. The van der Waals surface area contributed by atoms with Gasteiger partial charge in [0.05, 0.1) is 13.7 Å².